The van der Waals surface area contributed by atoms with Crippen molar-refractivity contribution < 1.29 is 10.0 Å². The molecule has 1 rings (SSSR count). The Bertz CT molecular complexity index is 402. The van der Waals surface area contributed by atoms with Crippen LogP contribution in [-0.2, 0) is 4.79 Å². The van der Waals surface area contributed by atoms with Crippen LogP contribution in [0.4, 0.5) is 5.69 Å². The molecular weight excluding hydrogens is 194 g/mol. The molecule has 0 bridgehead atoms. The van der Waals surface area contributed by atoms with Crippen molar-refractivity contribution in [3.63, 3.8) is 0 Å². The lowest BCUT2D eigenvalue weighted by Crippen LogP contribution is -2.20. The average molecular weight is 207 g/mol. The van der Waals surface area contributed by atoms with Crippen molar-refractivity contribution in [1.29, 1.82) is 0 Å². The van der Waals surface area contributed by atoms with Crippen LogP contribution in [0, 0.1) is 0 Å². The van der Waals surface area contributed by atoms with Crippen LogP contribution in [0.1, 0.15) is 24.0 Å². The summed E-state index contributed by atoms with van der Waals surface area (Å²) < 4.78 is 0. The molecule has 0 spiro atoms. The molecule has 0 saturated carbocycles. The van der Waals surface area contributed by atoms with E-state index in [1.54, 1.807) is 25.1 Å². The van der Waals surface area contributed by atoms with Crippen LogP contribution in [0.25, 0.3) is 0 Å². The summed E-state index contributed by atoms with van der Waals surface area (Å²) in [6.07, 6.45) is 1.20. The van der Waals surface area contributed by atoms with Gasteiger partial charge in [-0.15, -0.1) is 0 Å². The number of oxime groups is 1. The van der Waals surface area contributed by atoms with Crippen molar-refractivity contribution in [2.45, 2.75) is 12.8 Å². The largest absolute Gasteiger partial charge is 0.411 e. The number of hydrogen-bond acceptors (Lipinski definition) is 4. The fourth-order valence-corrected chi connectivity index (χ4v) is 1.34. The van der Waals surface area contributed by atoms with Gasteiger partial charge in [0.05, 0.1) is 12.1 Å². The molecule has 0 aliphatic heterocycles. The Labute approximate surface area is 87.4 Å². The normalized spacial score (nSPS) is 12.9. The molecule has 15 heavy (non-hydrogen) atoms. The number of carbonyl (C=O) groups excluding carboxylic acids is 1. The van der Waals surface area contributed by atoms with E-state index in [1.807, 2.05) is 0 Å². The molecule has 0 saturated heterocycles. The summed E-state index contributed by atoms with van der Waals surface area (Å²) in [7, 11) is 0. The topological polar surface area (TPSA) is 102 Å². The molecule has 0 fully saturated rings. The zero-order chi connectivity index (χ0) is 11.4. The Kier molecular flexibility index (Phi) is 3.28. The number of rotatable bonds is 3. The third-order valence-electron chi connectivity index (χ3n) is 2.25. The molecule has 0 aliphatic carbocycles. The molecule has 5 nitrogen and oxygen atoms in total. The number of nitrogens with zero attached hydrogens (tertiary/aromatic N) is 1. The van der Waals surface area contributed by atoms with Crippen LogP contribution in [0.15, 0.2) is 23.4 Å². The summed E-state index contributed by atoms with van der Waals surface area (Å²) in [5.74, 6) is -0.922. The summed E-state index contributed by atoms with van der Waals surface area (Å²) in [5, 5.41) is 11.4. The second kappa shape index (κ2) is 4.45. The van der Waals surface area contributed by atoms with Gasteiger partial charge < -0.3 is 16.7 Å². The molecule has 1 aromatic rings. The first-order valence-electron chi connectivity index (χ1n) is 4.43. The Balaban J connectivity index is 3.28. The lowest BCUT2D eigenvalue weighted by molar-refractivity contribution is -0.119. The molecule has 1 aromatic carbocycles. The maximum atomic E-state index is 11.0. The van der Waals surface area contributed by atoms with E-state index in [0.717, 1.165) is 0 Å². The highest BCUT2D eigenvalue weighted by Crippen LogP contribution is 2.22. The van der Waals surface area contributed by atoms with Crippen molar-refractivity contribution in [3.8, 4) is 0 Å². The van der Waals surface area contributed by atoms with E-state index < -0.39 is 11.8 Å². The van der Waals surface area contributed by atoms with Gasteiger partial charge in [0, 0.05) is 11.3 Å². The number of nitrogen functional groups attached to an aromatic ring is 1. The van der Waals surface area contributed by atoms with Gasteiger partial charge in [-0.3, -0.25) is 4.79 Å². The molecule has 5 heteroatoms. The quantitative estimate of drug-likeness (QED) is 0.294. The highest BCUT2D eigenvalue weighted by Gasteiger charge is 2.16. The van der Waals surface area contributed by atoms with E-state index in [0.29, 0.717) is 16.8 Å². The van der Waals surface area contributed by atoms with E-state index in [4.69, 9.17) is 16.7 Å². The summed E-state index contributed by atoms with van der Waals surface area (Å²) in [6, 6.07) is 5.11. The van der Waals surface area contributed by atoms with Crippen molar-refractivity contribution in [2.75, 3.05) is 5.73 Å². The Hall–Kier alpha value is -2.04. The zero-order valence-electron chi connectivity index (χ0n) is 8.34. The monoisotopic (exact) mass is 207 g/mol. The number of primary amides is 1. The van der Waals surface area contributed by atoms with Gasteiger partial charge >= 0.3 is 0 Å². The Morgan fingerprint density at radius 3 is 2.80 bits per heavy atom. The van der Waals surface area contributed by atoms with Gasteiger partial charge in [-0.2, -0.15) is 0 Å². The SMILES string of the molecule is CC(C(N)=O)c1cccc(N)c1C=NO. The smallest absolute Gasteiger partial charge is 0.224 e. The Morgan fingerprint density at radius 2 is 2.27 bits per heavy atom. The first-order valence-corrected chi connectivity index (χ1v) is 4.43. The van der Waals surface area contributed by atoms with Gasteiger partial charge in [0.25, 0.3) is 0 Å². The standard InChI is InChI=1S/C10H13N3O2/c1-6(10(12)14)7-3-2-4-9(11)8(7)5-13-15/h2-6,15H,11H2,1H3,(H2,12,14). The lowest BCUT2D eigenvalue weighted by atomic mass is 9.94. The third-order valence-corrected chi connectivity index (χ3v) is 2.25. The van der Waals surface area contributed by atoms with Gasteiger partial charge in [-0.1, -0.05) is 17.3 Å². The molecule has 80 valence electrons. The fourth-order valence-electron chi connectivity index (χ4n) is 1.34. The van der Waals surface area contributed by atoms with Gasteiger partial charge in [0.2, 0.25) is 5.91 Å². The minimum absolute atomic E-state index is 0.443. The predicted octanol–water partition coefficient (Wildman–Crippen LogP) is 0.666. The number of hydrogen-bond donors (Lipinski definition) is 3. The molecule has 1 atom stereocenters. The summed E-state index contributed by atoms with van der Waals surface area (Å²) >= 11 is 0. The Morgan fingerprint density at radius 1 is 1.60 bits per heavy atom. The average Bonchev–Trinajstić information content (AvgIpc) is 2.20. The van der Waals surface area contributed by atoms with Crippen LogP contribution < -0.4 is 11.5 Å². The third kappa shape index (κ3) is 2.25. The zero-order valence-corrected chi connectivity index (χ0v) is 8.34. The number of benzene rings is 1. The molecule has 1 unspecified atom stereocenters. The van der Waals surface area contributed by atoms with E-state index in [-0.39, 0.29) is 0 Å². The van der Waals surface area contributed by atoms with Crippen molar-refractivity contribution in [3.05, 3.63) is 29.3 Å². The first kappa shape index (κ1) is 11.0. The number of carbonyl (C=O) groups is 1. The van der Waals surface area contributed by atoms with Gasteiger partial charge in [0.15, 0.2) is 0 Å². The van der Waals surface area contributed by atoms with E-state index in [2.05, 4.69) is 5.16 Å². The van der Waals surface area contributed by atoms with Crippen LogP contribution in [0.5, 0.6) is 0 Å². The number of anilines is 1. The van der Waals surface area contributed by atoms with E-state index >= 15 is 0 Å². The van der Waals surface area contributed by atoms with Crippen molar-refractivity contribution >= 4 is 17.8 Å². The van der Waals surface area contributed by atoms with E-state index in [9.17, 15) is 4.79 Å². The second-order valence-corrected chi connectivity index (χ2v) is 3.22. The first-order chi connectivity index (χ1) is 7.07. The summed E-state index contributed by atoms with van der Waals surface area (Å²) in [6.45, 7) is 1.67. The highest BCUT2D eigenvalue weighted by molar-refractivity contribution is 5.92. The minimum Gasteiger partial charge on any atom is -0.411 e. The van der Waals surface area contributed by atoms with Crippen LogP contribution in [0.2, 0.25) is 0 Å². The van der Waals surface area contributed by atoms with Crippen LogP contribution >= 0.6 is 0 Å². The molecule has 0 heterocycles. The van der Waals surface area contributed by atoms with Crippen LogP contribution in [0.3, 0.4) is 0 Å². The number of nitrogens with two attached hydrogens (primary N) is 2. The maximum absolute atomic E-state index is 11.0. The fraction of sp³-hybridized carbons (Fsp3) is 0.200. The lowest BCUT2D eigenvalue weighted by Gasteiger charge is -2.12. The molecule has 1 amide bonds. The molecular formula is C10H13N3O2. The minimum atomic E-state index is -0.471. The maximum Gasteiger partial charge on any atom is 0.224 e. The molecule has 0 aromatic heterocycles. The van der Waals surface area contributed by atoms with Gasteiger partial charge in [-0.25, -0.2) is 0 Å². The summed E-state index contributed by atoms with van der Waals surface area (Å²) in [4.78, 5) is 11.0. The number of amides is 1. The second-order valence-electron chi connectivity index (χ2n) is 3.22. The molecule has 5 N–H and O–H groups in total. The summed E-state index contributed by atoms with van der Waals surface area (Å²) in [5.41, 5.74) is 12.5. The van der Waals surface area contributed by atoms with Gasteiger partial charge in [-0.05, 0) is 18.6 Å². The van der Waals surface area contributed by atoms with Crippen molar-refractivity contribution in [1.82, 2.24) is 0 Å². The highest BCUT2D eigenvalue weighted by atomic mass is 16.4. The van der Waals surface area contributed by atoms with Crippen molar-refractivity contribution in [2.24, 2.45) is 10.9 Å². The molecule has 0 aliphatic rings. The van der Waals surface area contributed by atoms with Crippen LogP contribution in [-0.4, -0.2) is 17.3 Å². The van der Waals surface area contributed by atoms with E-state index in [1.165, 1.54) is 6.21 Å². The molecule has 0 radical (unpaired) electrons. The van der Waals surface area contributed by atoms with Gasteiger partial charge in [0.1, 0.15) is 0 Å². The predicted molar refractivity (Wildman–Crippen MR) is 57.8 cm³/mol.